The highest BCUT2D eigenvalue weighted by Gasteiger charge is 1.94. The smallest absolute Gasteiger partial charge is 0.306 e. The highest BCUT2D eigenvalue weighted by atomic mass is 16.5. The van der Waals surface area contributed by atoms with Gasteiger partial charge in [0.15, 0.2) is 0 Å². The largest absolute Gasteiger partial charge is 0.466 e. The Morgan fingerprint density at radius 1 is 0.933 bits per heavy atom. The molecule has 0 aliphatic carbocycles. The predicted octanol–water partition coefficient (Wildman–Crippen LogP) is 3.89. The molecular weight excluding hydrogens is 188 g/mol. The zero-order valence-electron chi connectivity index (χ0n) is 10.1. The molecule has 0 N–H and O–H groups in total. The Kier molecular flexibility index (Phi) is 11.1. The van der Waals surface area contributed by atoms with Gasteiger partial charge in [-0.3, -0.25) is 4.79 Å². The van der Waals surface area contributed by atoms with Crippen molar-refractivity contribution in [1.29, 1.82) is 0 Å². The normalized spacial score (nSPS) is 10.3. The number of esters is 1. The molecule has 0 atom stereocenters. The Morgan fingerprint density at radius 3 is 1.87 bits per heavy atom. The van der Waals surface area contributed by atoms with Gasteiger partial charge in [-0.1, -0.05) is 58.3 Å². The molecule has 0 saturated heterocycles. The van der Waals surface area contributed by atoms with E-state index in [2.05, 4.69) is 13.8 Å². The summed E-state index contributed by atoms with van der Waals surface area (Å²) in [7, 11) is 0. The molecule has 0 bridgehead atoms. The van der Waals surface area contributed by atoms with Crippen LogP contribution in [0.2, 0.25) is 0 Å². The monoisotopic (exact) mass is 213 g/mol. The van der Waals surface area contributed by atoms with E-state index >= 15 is 0 Å². The molecule has 0 fully saturated rings. The fourth-order valence-electron chi connectivity index (χ4n) is 1.60. The summed E-state index contributed by atoms with van der Waals surface area (Å²) in [6.07, 6.45) is 11.5. The van der Waals surface area contributed by atoms with Crippen LogP contribution in [0, 0.1) is 6.92 Å². The first-order valence-electron chi connectivity index (χ1n) is 6.26. The number of unbranched alkanes of at least 4 members (excludes halogenated alkanes) is 8. The number of carbonyl (C=O) groups excluding carboxylic acids is 1. The number of hydrogen-bond acceptors (Lipinski definition) is 2. The number of rotatable bonds is 10. The Morgan fingerprint density at radius 2 is 1.40 bits per heavy atom. The molecule has 0 saturated carbocycles. The molecule has 0 aliphatic rings. The molecule has 2 nitrogen and oxygen atoms in total. The zero-order chi connectivity index (χ0) is 11.4. The van der Waals surface area contributed by atoms with Crippen LogP contribution in [0.4, 0.5) is 0 Å². The summed E-state index contributed by atoms with van der Waals surface area (Å²) in [6.45, 7) is 5.93. The van der Waals surface area contributed by atoms with Crippen LogP contribution in [0.25, 0.3) is 0 Å². The number of hydrogen-bond donors (Lipinski definition) is 0. The van der Waals surface area contributed by atoms with Crippen molar-refractivity contribution in [2.75, 3.05) is 6.61 Å². The van der Waals surface area contributed by atoms with Crippen molar-refractivity contribution in [2.24, 2.45) is 0 Å². The maximum absolute atomic E-state index is 10.3. The van der Waals surface area contributed by atoms with Crippen LogP contribution in [-0.4, -0.2) is 12.6 Å². The third-order valence-electron chi connectivity index (χ3n) is 2.51. The second kappa shape index (κ2) is 11.5. The minimum Gasteiger partial charge on any atom is -0.466 e. The maximum Gasteiger partial charge on any atom is 0.306 e. The van der Waals surface area contributed by atoms with Gasteiger partial charge >= 0.3 is 5.97 Å². The molecular formula is C13H25O2. The average Bonchev–Trinajstić information content (AvgIpc) is 2.20. The highest BCUT2D eigenvalue weighted by Crippen LogP contribution is 2.09. The Labute approximate surface area is 94.4 Å². The molecule has 0 unspecified atom stereocenters. The van der Waals surface area contributed by atoms with Crippen LogP contribution >= 0.6 is 0 Å². The lowest BCUT2D eigenvalue weighted by molar-refractivity contribution is -0.138. The van der Waals surface area contributed by atoms with Gasteiger partial charge in [0, 0.05) is 0 Å². The second-order valence-electron chi connectivity index (χ2n) is 4.05. The zero-order valence-corrected chi connectivity index (χ0v) is 10.1. The molecule has 1 radical (unpaired) electrons. The standard InChI is InChI=1S/C13H25O2/c1-3-4-5-6-7-8-9-10-11-12-15-13(2)14/h2-12H2,1H3. The van der Waals surface area contributed by atoms with E-state index in [0.29, 0.717) is 6.61 Å². The first-order chi connectivity index (χ1) is 7.27. The van der Waals surface area contributed by atoms with E-state index in [1.54, 1.807) is 0 Å². The average molecular weight is 213 g/mol. The van der Waals surface area contributed by atoms with Crippen LogP contribution in [0.1, 0.15) is 64.7 Å². The van der Waals surface area contributed by atoms with Crippen molar-refractivity contribution in [3.63, 3.8) is 0 Å². The van der Waals surface area contributed by atoms with E-state index in [0.717, 1.165) is 6.42 Å². The van der Waals surface area contributed by atoms with Gasteiger partial charge in [0.2, 0.25) is 0 Å². The van der Waals surface area contributed by atoms with Gasteiger partial charge in [-0.25, -0.2) is 0 Å². The molecule has 0 rings (SSSR count). The van der Waals surface area contributed by atoms with Gasteiger partial charge < -0.3 is 4.74 Å². The van der Waals surface area contributed by atoms with E-state index in [4.69, 9.17) is 4.74 Å². The van der Waals surface area contributed by atoms with Crippen LogP contribution in [0.15, 0.2) is 0 Å². The molecule has 0 aromatic heterocycles. The van der Waals surface area contributed by atoms with Crippen molar-refractivity contribution < 1.29 is 9.53 Å². The van der Waals surface area contributed by atoms with Crippen LogP contribution in [0.5, 0.6) is 0 Å². The second-order valence-corrected chi connectivity index (χ2v) is 4.05. The van der Waals surface area contributed by atoms with Gasteiger partial charge in [-0.2, -0.15) is 0 Å². The Balaban J connectivity index is 2.89. The van der Waals surface area contributed by atoms with E-state index in [1.807, 2.05) is 0 Å². The maximum atomic E-state index is 10.3. The predicted molar refractivity (Wildman–Crippen MR) is 63.5 cm³/mol. The summed E-state index contributed by atoms with van der Waals surface area (Å²) in [5.74, 6) is -0.408. The van der Waals surface area contributed by atoms with Crippen molar-refractivity contribution >= 4 is 5.97 Å². The minimum absolute atomic E-state index is 0.408. The lowest BCUT2D eigenvalue weighted by Crippen LogP contribution is -2.00. The third-order valence-corrected chi connectivity index (χ3v) is 2.51. The van der Waals surface area contributed by atoms with Gasteiger partial charge in [0.25, 0.3) is 0 Å². The van der Waals surface area contributed by atoms with Crippen LogP contribution in [0.3, 0.4) is 0 Å². The molecule has 2 heteroatoms. The molecule has 15 heavy (non-hydrogen) atoms. The summed E-state index contributed by atoms with van der Waals surface area (Å²) in [4.78, 5) is 10.3. The fraction of sp³-hybridized carbons (Fsp3) is 0.846. The molecule has 0 aromatic carbocycles. The van der Waals surface area contributed by atoms with Crippen molar-refractivity contribution in [3.05, 3.63) is 6.92 Å². The summed E-state index contributed by atoms with van der Waals surface area (Å²) in [6, 6.07) is 0. The molecule has 0 aliphatic heterocycles. The fourth-order valence-corrected chi connectivity index (χ4v) is 1.60. The molecule has 0 amide bonds. The number of carbonyl (C=O) groups is 1. The quantitative estimate of drug-likeness (QED) is 0.406. The molecule has 0 spiro atoms. The first-order valence-corrected chi connectivity index (χ1v) is 6.26. The van der Waals surface area contributed by atoms with E-state index < -0.39 is 5.97 Å². The van der Waals surface area contributed by atoms with Crippen LogP contribution in [-0.2, 0) is 9.53 Å². The molecule has 0 heterocycles. The SMILES string of the molecule is [CH2]C(=O)OCCCCCCCCCCC. The van der Waals surface area contributed by atoms with Crippen molar-refractivity contribution in [1.82, 2.24) is 0 Å². The lowest BCUT2D eigenvalue weighted by atomic mass is 10.1. The summed E-state index contributed by atoms with van der Waals surface area (Å²) in [5, 5.41) is 0. The summed E-state index contributed by atoms with van der Waals surface area (Å²) in [5.41, 5.74) is 0. The Bertz CT molecular complexity index is 143. The first kappa shape index (κ1) is 14.5. The van der Waals surface area contributed by atoms with Crippen LogP contribution < -0.4 is 0 Å². The number of ether oxygens (including phenoxy) is 1. The molecule has 89 valence electrons. The minimum atomic E-state index is -0.408. The van der Waals surface area contributed by atoms with Gasteiger partial charge in [-0.05, 0) is 6.42 Å². The van der Waals surface area contributed by atoms with Gasteiger partial charge in [0.1, 0.15) is 0 Å². The van der Waals surface area contributed by atoms with Gasteiger partial charge in [0.05, 0.1) is 13.5 Å². The topological polar surface area (TPSA) is 26.3 Å². The van der Waals surface area contributed by atoms with E-state index in [1.165, 1.54) is 51.4 Å². The van der Waals surface area contributed by atoms with E-state index in [-0.39, 0.29) is 0 Å². The third kappa shape index (κ3) is 13.5. The van der Waals surface area contributed by atoms with Crippen molar-refractivity contribution in [2.45, 2.75) is 64.7 Å². The van der Waals surface area contributed by atoms with E-state index in [9.17, 15) is 4.79 Å². The summed E-state index contributed by atoms with van der Waals surface area (Å²) < 4.78 is 4.75. The molecule has 0 aromatic rings. The van der Waals surface area contributed by atoms with Crippen molar-refractivity contribution in [3.8, 4) is 0 Å². The lowest BCUT2D eigenvalue weighted by Gasteiger charge is -2.02. The Hall–Kier alpha value is -0.530. The summed E-state index contributed by atoms with van der Waals surface area (Å²) >= 11 is 0. The van der Waals surface area contributed by atoms with Gasteiger partial charge in [-0.15, -0.1) is 0 Å². The highest BCUT2D eigenvalue weighted by molar-refractivity contribution is 5.73.